The van der Waals surface area contributed by atoms with Crippen LogP contribution in [0.15, 0.2) is 22.8 Å². The lowest BCUT2D eigenvalue weighted by Gasteiger charge is -2.22. The molecule has 0 bridgehead atoms. The molecule has 0 radical (unpaired) electrons. The van der Waals surface area contributed by atoms with E-state index in [1.807, 2.05) is 22.8 Å². The van der Waals surface area contributed by atoms with Gasteiger partial charge in [-0.15, -0.1) is 0 Å². The number of rotatable bonds is 12. The van der Waals surface area contributed by atoms with Crippen molar-refractivity contribution in [2.45, 2.75) is 13.1 Å². The molecule has 0 amide bonds. The third kappa shape index (κ3) is 7.66. The fraction of sp³-hybridized carbons (Fsp3) is 0.667. The Morgan fingerprint density at radius 2 is 0.826 bits per heavy atom. The quantitative estimate of drug-likeness (QED) is 0.449. The highest BCUT2D eigenvalue weighted by Gasteiger charge is 2.35. The maximum absolute atomic E-state index is 6.12. The van der Waals surface area contributed by atoms with Crippen molar-refractivity contribution in [3.05, 3.63) is 22.8 Å². The van der Waals surface area contributed by atoms with Crippen LogP contribution in [-0.2, 0) is 30.7 Å². The minimum Gasteiger partial charge on any atom is -0.454 e. The summed E-state index contributed by atoms with van der Waals surface area (Å²) >= 11 is 0. The van der Waals surface area contributed by atoms with Crippen LogP contribution >= 0.6 is 0 Å². The largest absolute Gasteiger partial charge is 0.528 e. The monoisotopic (exact) mass is 398 g/mol. The molecule has 0 saturated heterocycles. The van der Waals surface area contributed by atoms with Crippen LogP contribution in [-0.4, -0.2) is 78.3 Å². The van der Waals surface area contributed by atoms with Gasteiger partial charge in [-0.2, -0.15) is 0 Å². The van der Waals surface area contributed by atoms with Gasteiger partial charge in [0.1, 0.15) is 0 Å². The average molecular weight is 399 g/mol. The van der Waals surface area contributed by atoms with Crippen molar-refractivity contribution in [3.8, 4) is 0 Å². The molecule has 11 heteroatoms. The van der Waals surface area contributed by atoms with Crippen LogP contribution in [0.5, 0.6) is 0 Å². The Kier molecular flexibility index (Phi) is 11.6. The van der Waals surface area contributed by atoms with Gasteiger partial charge in [-0.1, -0.05) is 11.4 Å². The van der Waals surface area contributed by atoms with Crippen molar-refractivity contribution in [1.29, 1.82) is 0 Å². The van der Waals surface area contributed by atoms with Crippen molar-refractivity contribution < 1.29 is 30.7 Å². The third-order valence-electron chi connectivity index (χ3n) is 3.28. The van der Waals surface area contributed by atoms with E-state index in [2.05, 4.69) is 13.1 Å². The van der Waals surface area contributed by atoms with Crippen LogP contribution in [0, 0.1) is 0 Å². The van der Waals surface area contributed by atoms with E-state index >= 15 is 0 Å². The summed E-state index contributed by atoms with van der Waals surface area (Å²) in [6, 6.07) is 0. The molecule has 0 spiro atoms. The second kappa shape index (κ2) is 11.6. The van der Waals surface area contributed by atoms with E-state index < -0.39 is 35.7 Å². The molecule has 0 fully saturated rings. The van der Waals surface area contributed by atoms with Crippen molar-refractivity contribution in [2.75, 3.05) is 42.7 Å². The van der Waals surface area contributed by atoms with Crippen molar-refractivity contribution in [1.82, 2.24) is 0 Å². The minimum absolute atomic E-state index is 1.50. The molecule has 136 valence electrons. The zero-order valence-corrected chi connectivity index (χ0v) is 19.6. The smallest absolute Gasteiger partial charge is 0.454 e. The molecule has 0 heterocycles. The van der Waals surface area contributed by atoms with Gasteiger partial charge in [0.25, 0.3) is 0 Å². The standard InChI is InChI=1S/C12H30O7Si4/c1-13-22(14-2,15-3)11-9-20(7)19-21(8)10-12-23(16-4,17-5)18-6/h9-12,20-21H,1-8H3/b11-9+,12-10+. The van der Waals surface area contributed by atoms with Gasteiger partial charge in [0.15, 0.2) is 18.1 Å². The molecule has 0 aliphatic carbocycles. The highest BCUT2D eigenvalue weighted by Crippen LogP contribution is 2.10. The molecule has 23 heavy (non-hydrogen) atoms. The van der Waals surface area contributed by atoms with Crippen LogP contribution in [0.1, 0.15) is 0 Å². The summed E-state index contributed by atoms with van der Waals surface area (Å²) in [5.41, 5.74) is 7.84. The fourth-order valence-electron chi connectivity index (χ4n) is 1.84. The van der Waals surface area contributed by atoms with Crippen LogP contribution in [0.25, 0.3) is 0 Å². The van der Waals surface area contributed by atoms with Gasteiger partial charge >= 0.3 is 17.6 Å². The van der Waals surface area contributed by atoms with Gasteiger partial charge in [-0.3, -0.25) is 0 Å². The van der Waals surface area contributed by atoms with Crippen molar-refractivity contribution >= 4 is 35.7 Å². The second-order valence-electron chi connectivity index (χ2n) is 4.70. The maximum atomic E-state index is 6.12. The predicted octanol–water partition coefficient (Wildman–Crippen LogP) is 0.736. The molecule has 0 aliphatic heterocycles. The van der Waals surface area contributed by atoms with Crippen LogP contribution in [0.3, 0.4) is 0 Å². The van der Waals surface area contributed by atoms with E-state index in [4.69, 9.17) is 30.7 Å². The first kappa shape index (κ1) is 23.1. The summed E-state index contributed by atoms with van der Waals surface area (Å²) in [5, 5.41) is 0. The van der Waals surface area contributed by atoms with Gasteiger partial charge in [0.05, 0.1) is 0 Å². The topological polar surface area (TPSA) is 64.6 Å². The molecule has 0 aromatic rings. The molecule has 2 unspecified atom stereocenters. The Labute approximate surface area is 145 Å². The van der Waals surface area contributed by atoms with Gasteiger partial charge in [-0.05, 0) is 24.5 Å². The second-order valence-corrected chi connectivity index (χ2v) is 14.9. The first-order valence-corrected chi connectivity index (χ1v) is 15.4. The SMILES string of the molecule is CO[Si](/C=C/[SiH](C)O[SiH](C)/C=C/[Si](OC)(OC)OC)(OC)OC. The molecule has 0 saturated carbocycles. The summed E-state index contributed by atoms with van der Waals surface area (Å²) in [6.45, 7) is 4.20. The summed E-state index contributed by atoms with van der Waals surface area (Å²) in [6.07, 6.45) is 0. The summed E-state index contributed by atoms with van der Waals surface area (Å²) in [4.78, 5) is 0. The van der Waals surface area contributed by atoms with Gasteiger partial charge in [-0.25, -0.2) is 0 Å². The molecule has 0 aromatic carbocycles. The molecule has 0 N–H and O–H groups in total. The Hall–Kier alpha value is 0.0675. The van der Waals surface area contributed by atoms with Crippen LogP contribution in [0.2, 0.25) is 13.1 Å². The zero-order chi connectivity index (χ0) is 17.9. The highest BCUT2D eigenvalue weighted by molar-refractivity contribution is 6.74. The Balaban J connectivity index is 4.69. The molecule has 0 aromatic heterocycles. The Morgan fingerprint density at radius 1 is 0.565 bits per heavy atom. The first-order valence-electron chi connectivity index (χ1n) is 7.21. The molecular formula is C12H30O7Si4. The summed E-state index contributed by atoms with van der Waals surface area (Å²) in [5.74, 6) is 0. The lowest BCUT2D eigenvalue weighted by molar-refractivity contribution is 0.138. The van der Waals surface area contributed by atoms with E-state index in [0.717, 1.165) is 0 Å². The van der Waals surface area contributed by atoms with Crippen molar-refractivity contribution in [2.24, 2.45) is 0 Å². The molecule has 2 atom stereocenters. The van der Waals surface area contributed by atoms with Crippen molar-refractivity contribution in [3.63, 3.8) is 0 Å². The average Bonchev–Trinajstić information content (AvgIpc) is 2.58. The first-order chi connectivity index (χ1) is 10.9. The van der Waals surface area contributed by atoms with Gasteiger partial charge < -0.3 is 30.7 Å². The summed E-state index contributed by atoms with van der Waals surface area (Å²) in [7, 11) is 1.16. The fourth-order valence-corrected chi connectivity index (χ4v) is 11.1. The van der Waals surface area contributed by atoms with Gasteiger partial charge in [0.2, 0.25) is 0 Å². The van der Waals surface area contributed by atoms with Crippen LogP contribution in [0.4, 0.5) is 0 Å². The third-order valence-corrected chi connectivity index (χ3v) is 13.6. The lowest BCUT2D eigenvalue weighted by atomic mass is 11.2. The lowest BCUT2D eigenvalue weighted by Crippen LogP contribution is -2.42. The Morgan fingerprint density at radius 3 is 1.04 bits per heavy atom. The van der Waals surface area contributed by atoms with E-state index in [9.17, 15) is 0 Å². The van der Waals surface area contributed by atoms with E-state index in [1.165, 1.54) is 0 Å². The normalized spacial score (nSPS) is 16.3. The predicted molar refractivity (Wildman–Crippen MR) is 99.0 cm³/mol. The maximum Gasteiger partial charge on any atom is 0.528 e. The van der Waals surface area contributed by atoms with E-state index in [1.54, 1.807) is 42.7 Å². The number of hydrogen-bond donors (Lipinski definition) is 0. The zero-order valence-electron chi connectivity index (χ0n) is 15.3. The molecule has 0 aliphatic rings. The molecular weight excluding hydrogens is 368 g/mol. The minimum atomic E-state index is -2.68. The van der Waals surface area contributed by atoms with E-state index in [0.29, 0.717) is 0 Å². The van der Waals surface area contributed by atoms with Gasteiger partial charge in [0, 0.05) is 42.7 Å². The summed E-state index contributed by atoms with van der Waals surface area (Å²) < 4.78 is 38.3. The molecule has 7 nitrogen and oxygen atoms in total. The van der Waals surface area contributed by atoms with Crippen LogP contribution < -0.4 is 0 Å². The number of hydrogen-bond acceptors (Lipinski definition) is 7. The highest BCUT2D eigenvalue weighted by atomic mass is 28.4. The molecule has 0 rings (SSSR count). The van der Waals surface area contributed by atoms with E-state index in [-0.39, 0.29) is 0 Å². The Bertz CT molecular complexity index is 322.